The largest absolute Gasteiger partial charge is 0.298 e. The van der Waals surface area contributed by atoms with Crippen LogP contribution in [0.5, 0.6) is 0 Å². The molecule has 134 valence electrons. The van der Waals surface area contributed by atoms with Gasteiger partial charge in [0.2, 0.25) is 0 Å². The summed E-state index contributed by atoms with van der Waals surface area (Å²) in [5.74, 6) is -0.117. The van der Waals surface area contributed by atoms with Crippen LogP contribution in [0.15, 0.2) is 42.5 Å². The number of carbonyl (C=O) groups is 1. The summed E-state index contributed by atoms with van der Waals surface area (Å²) in [6.45, 7) is 8.40. The molecule has 0 fully saturated rings. The molecule has 3 aromatic rings. The lowest BCUT2D eigenvalue weighted by atomic mass is 10.0. The number of hydrogen-bond donors (Lipinski definition) is 1. The number of aromatic nitrogens is 1. The van der Waals surface area contributed by atoms with E-state index in [1.807, 2.05) is 31.2 Å². The Balaban J connectivity index is 1.90. The molecule has 1 aromatic heterocycles. The van der Waals surface area contributed by atoms with Gasteiger partial charge in [-0.05, 0) is 56.5 Å². The summed E-state index contributed by atoms with van der Waals surface area (Å²) in [6.07, 6.45) is 2.01. The van der Waals surface area contributed by atoms with Crippen LogP contribution in [0, 0.1) is 20.8 Å². The fraction of sp³-hybridized carbons (Fsp3) is 0.273. The van der Waals surface area contributed by atoms with Crippen LogP contribution in [0.3, 0.4) is 0 Å². The Kier molecular flexibility index (Phi) is 5.52. The molecule has 1 heterocycles. The van der Waals surface area contributed by atoms with Gasteiger partial charge in [-0.15, -0.1) is 11.3 Å². The van der Waals surface area contributed by atoms with E-state index in [1.54, 1.807) is 11.3 Å². The second-order valence-electron chi connectivity index (χ2n) is 6.66. The van der Waals surface area contributed by atoms with Crippen molar-refractivity contribution in [1.82, 2.24) is 4.98 Å². The fourth-order valence-corrected chi connectivity index (χ4v) is 3.87. The molecular weight excluding hydrogens is 340 g/mol. The Morgan fingerprint density at radius 2 is 1.77 bits per heavy atom. The number of aryl methyl sites for hydroxylation is 4. The van der Waals surface area contributed by atoms with E-state index in [4.69, 9.17) is 4.98 Å². The first kappa shape index (κ1) is 18.3. The van der Waals surface area contributed by atoms with Crippen molar-refractivity contribution >= 4 is 22.4 Å². The SMILES string of the molecule is CCCc1sc(NC(=O)c2ccc(C)cc2)nc1-c1ccc(C)c(C)c1. The van der Waals surface area contributed by atoms with E-state index in [-0.39, 0.29) is 5.91 Å². The Hall–Kier alpha value is -2.46. The Bertz CT molecular complexity index is 926. The standard InChI is InChI=1S/C22H24N2OS/c1-5-6-19-20(18-12-9-15(3)16(4)13-18)23-22(26-19)24-21(25)17-10-7-14(2)8-11-17/h7-13H,5-6H2,1-4H3,(H,23,24,25). The zero-order valence-electron chi connectivity index (χ0n) is 15.7. The maximum atomic E-state index is 12.5. The van der Waals surface area contributed by atoms with Crippen LogP contribution in [0.1, 0.15) is 45.3 Å². The van der Waals surface area contributed by atoms with Gasteiger partial charge in [-0.2, -0.15) is 0 Å². The van der Waals surface area contributed by atoms with Crippen LogP contribution >= 0.6 is 11.3 Å². The van der Waals surface area contributed by atoms with E-state index in [9.17, 15) is 4.79 Å². The van der Waals surface area contributed by atoms with Gasteiger partial charge in [0, 0.05) is 16.0 Å². The number of thiazole rings is 1. The summed E-state index contributed by atoms with van der Waals surface area (Å²) >= 11 is 1.57. The summed E-state index contributed by atoms with van der Waals surface area (Å²) in [4.78, 5) is 18.5. The summed E-state index contributed by atoms with van der Waals surface area (Å²) < 4.78 is 0. The van der Waals surface area contributed by atoms with Gasteiger partial charge in [-0.25, -0.2) is 4.98 Å². The third-order valence-corrected chi connectivity index (χ3v) is 5.52. The number of benzene rings is 2. The van der Waals surface area contributed by atoms with Gasteiger partial charge >= 0.3 is 0 Å². The van der Waals surface area contributed by atoms with Gasteiger partial charge in [0.1, 0.15) is 0 Å². The molecule has 0 bridgehead atoms. The molecule has 0 atom stereocenters. The van der Waals surface area contributed by atoms with Crippen molar-refractivity contribution in [1.29, 1.82) is 0 Å². The molecule has 0 spiro atoms. The average Bonchev–Trinajstić information content (AvgIpc) is 3.00. The van der Waals surface area contributed by atoms with Gasteiger partial charge in [0.15, 0.2) is 5.13 Å². The number of carbonyl (C=O) groups excluding carboxylic acids is 1. The van der Waals surface area contributed by atoms with Crippen molar-refractivity contribution in [3.63, 3.8) is 0 Å². The highest BCUT2D eigenvalue weighted by Crippen LogP contribution is 2.33. The topological polar surface area (TPSA) is 42.0 Å². The highest BCUT2D eigenvalue weighted by molar-refractivity contribution is 7.16. The number of nitrogens with zero attached hydrogens (tertiary/aromatic N) is 1. The van der Waals surface area contributed by atoms with Gasteiger partial charge in [0.05, 0.1) is 5.69 Å². The number of rotatable bonds is 5. The molecule has 4 heteroatoms. The maximum absolute atomic E-state index is 12.5. The minimum absolute atomic E-state index is 0.117. The highest BCUT2D eigenvalue weighted by atomic mass is 32.1. The Morgan fingerprint density at radius 3 is 2.42 bits per heavy atom. The van der Waals surface area contributed by atoms with Crippen LogP contribution in [-0.2, 0) is 6.42 Å². The van der Waals surface area contributed by atoms with E-state index in [0.717, 1.165) is 29.7 Å². The number of nitrogens with one attached hydrogen (secondary N) is 1. The minimum atomic E-state index is -0.117. The predicted octanol–water partition coefficient (Wildman–Crippen LogP) is 5.94. The van der Waals surface area contributed by atoms with E-state index < -0.39 is 0 Å². The molecule has 0 unspecified atom stereocenters. The fourth-order valence-electron chi connectivity index (χ4n) is 2.79. The van der Waals surface area contributed by atoms with Crippen molar-refractivity contribution < 1.29 is 4.79 Å². The molecule has 1 amide bonds. The molecule has 26 heavy (non-hydrogen) atoms. The first-order valence-electron chi connectivity index (χ1n) is 8.93. The van der Waals surface area contributed by atoms with Gasteiger partial charge in [-0.3, -0.25) is 10.1 Å². The summed E-state index contributed by atoms with van der Waals surface area (Å²) in [7, 11) is 0. The number of anilines is 1. The molecule has 0 aliphatic heterocycles. The summed E-state index contributed by atoms with van der Waals surface area (Å²) in [6, 6.07) is 14.0. The average molecular weight is 365 g/mol. The molecule has 0 saturated carbocycles. The Morgan fingerprint density at radius 1 is 1.04 bits per heavy atom. The second kappa shape index (κ2) is 7.83. The Labute approximate surface area is 159 Å². The zero-order valence-corrected chi connectivity index (χ0v) is 16.5. The normalized spacial score (nSPS) is 10.8. The highest BCUT2D eigenvalue weighted by Gasteiger charge is 2.15. The smallest absolute Gasteiger partial charge is 0.257 e. The molecule has 3 nitrogen and oxygen atoms in total. The van der Waals surface area contributed by atoms with Crippen molar-refractivity contribution in [2.24, 2.45) is 0 Å². The number of hydrogen-bond acceptors (Lipinski definition) is 3. The quantitative estimate of drug-likeness (QED) is 0.609. The summed E-state index contributed by atoms with van der Waals surface area (Å²) in [5.41, 5.74) is 6.41. The van der Waals surface area contributed by atoms with Crippen LogP contribution in [0.2, 0.25) is 0 Å². The van der Waals surface area contributed by atoms with E-state index in [1.165, 1.54) is 16.0 Å². The van der Waals surface area contributed by atoms with Crippen LogP contribution in [0.4, 0.5) is 5.13 Å². The molecule has 0 radical (unpaired) electrons. The molecule has 0 aliphatic carbocycles. The third-order valence-electron chi connectivity index (χ3n) is 4.49. The van der Waals surface area contributed by atoms with E-state index in [0.29, 0.717) is 10.7 Å². The van der Waals surface area contributed by atoms with Crippen LogP contribution in [-0.4, -0.2) is 10.9 Å². The second-order valence-corrected chi connectivity index (χ2v) is 7.74. The van der Waals surface area contributed by atoms with Crippen LogP contribution in [0.25, 0.3) is 11.3 Å². The molecule has 0 saturated heterocycles. The van der Waals surface area contributed by atoms with Gasteiger partial charge < -0.3 is 0 Å². The van der Waals surface area contributed by atoms with Gasteiger partial charge in [0.25, 0.3) is 5.91 Å². The first-order chi connectivity index (χ1) is 12.5. The van der Waals surface area contributed by atoms with Gasteiger partial charge in [-0.1, -0.05) is 43.2 Å². The van der Waals surface area contributed by atoms with Crippen LogP contribution < -0.4 is 5.32 Å². The lowest BCUT2D eigenvalue weighted by Gasteiger charge is -2.05. The lowest BCUT2D eigenvalue weighted by molar-refractivity contribution is 0.102. The van der Waals surface area contributed by atoms with E-state index >= 15 is 0 Å². The molecule has 0 aliphatic rings. The number of amides is 1. The van der Waals surface area contributed by atoms with Crippen molar-refractivity contribution in [3.8, 4) is 11.3 Å². The molecule has 3 rings (SSSR count). The zero-order chi connectivity index (χ0) is 18.7. The molecular formula is C22H24N2OS. The van der Waals surface area contributed by atoms with Crippen molar-refractivity contribution in [3.05, 3.63) is 69.6 Å². The summed E-state index contributed by atoms with van der Waals surface area (Å²) in [5, 5.41) is 3.62. The van der Waals surface area contributed by atoms with E-state index in [2.05, 4.69) is 44.3 Å². The molecule has 1 N–H and O–H groups in total. The first-order valence-corrected chi connectivity index (χ1v) is 9.75. The lowest BCUT2D eigenvalue weighted by Crippen LogP contribution is -2.11. The maximum Gasteiger partial charge on any atom is 0.257 e. The predicted molar refractivity (Wildman–Crippen MR) is 110 cm³/mol. The van der Waals surface area contributed by atoms with Crippen molar-refractivity contribution in [2.75, 3.05) is 5.32 Å². The third kappa shape index (κ3) is 4.02. The van der Waals surface area contributed by atoms with Crippen molar-refractivity contribution in [2.45, 2.75) is 40.5 Å². The minimum Gasteiger partial charge on any atom is -0.298 e. The monoisotopic (exact) mass is 364 g/mol. The molecule has 2 aromatic carbocycles.